The summed E-state index contributed by atoms with van der Waals surface area (Å²) in [6.45, 7) is 9.09. The second kappa shape index (κ2) is 4.38. The summed E-state index contributed by atoms with van der Waals surface area (Å²) in [7, 11) is 2.20. The van der Waals surface area contributed by atoms with E-state index in [9.17, 15) is 0 Å². The molecule has 0 aromatic carbocycles. The van der Waals surface area contributed by atoms with E-state index in [0.717, 1.165) is 19.5 Å². The van der Waals surface area contributed by atoms with E-state index in [-0.39, 0.29) is 0 Å². The van der Waals surface area contributed by atoms with Gasteiger partial charge < -0.3 is 10.6 Å². The van der Waals surface area contributed by atoms with Crippen LogP contribution >= 0.6 is 12.2 Å². The average molecular weight is 228 g/mol. The maximum absolute atomic E-state index is 5.63. The van der Waals surface area contributed by atoms with Crippen molar-refractivity contribution in [3.63, 3.8) is 0 Å². The third kappa shape index (κ3) is 4.94. The summed E-state index contributed by atoms with van der Waals surface area (Å²) >= 11 is 5.01. The van der Waals surface area contributed by atoms with Gasteiger partial charge >= 0.3 is 0 Å². The summed E-state index contributed by atoms with van der Waals surface area (Å²) in [6, 6.07) is 0. The Hall–Kier alpha value is -0.150. The molecule has 1 aliphatic rings. The highest BCUT2D eigenvalue weighted by Crippen LogP contribution is 2.49. The molecule has 2 nitrogen and oxygen atoms in total. The van der Waals surface area contributed by atoms with E-state index in [2.05, 4.69) is 32.7 Å². The lowest BCUT2D eigenvalue weighted by Crippen LogP contribution is -2.35. The van der Waals surface area contributed by atoms with Gasteiger partial charge in [0.2, 0.25) is 0 Å². The van der Waals surface area contributed by atoms with E-state index in [1.54, 1.807) is 0 Å². The number of nitrogens with zero attached hydrogens (tertiary/aromatic N) is 1. The molecule has 0 aromatic rings. The fourth-order valence-electron chi connectivity index (χ4n) is 2.38. The van der Waals surface area contributed by atoms with Crippen LogP contribution in [-0.4, -0.2) is 30.0 Å². The van der Waals surface area contributed by atoms with Crippen molar-refractivity contribution in [2.75, 3.05) is 20.1 Å². The zero-order valence-corrected chi connectivity index (χ0v) is 11.3. The van der Waals surface area contributed by atoms with Gasteiger partial charge in [-0.15, -0.1) is 0 Å². The van der Waals surface area contributed by atoms with Gasteiger partial charge in [0.25, 0.3) is 0 Å². The van der Waals surface area contributed by atoms with Crippen LogP contribution in [0.1, 0.15) is 40.0 Å². The summed E-state index contributed by atoms with van der Waals surface area (Å²) in [5, 5.41) is 0. The Kier molecular flexibility index (Phi) is 3.77. The molecule has 0 saturated heterocycles. The third-order valence-corrected chi connectivity index (χ3v) is 3.00. The van der Waals surface area contributed by atoms with Crippen LogP contribution in [0.25, 0.3) is 0 Å². The van der Waals surface area contributed by atoms with Crippen molar-refractivity contribution in [2.24, 2.45) is 16.6 Å². The maximum Gasteiger partial charge on any atom is 0.0733 e. The highest BCUT2D eigenvalue weighted by atomic mass is 32.1. The molecule has 15 heavy (non-hydrogen) atoms. The zero-order chi connectivity index (χ0) is 11.7. The van der Waals surface area contributed by atoms with Crippen molar-refractivity contribution >= 4 is 17.2 Å². The zero-order valence-electron chi connectivity index (χ0n) is 10.5. The van der Waals surface area contributed by atoms with Gasteiger partial charge in [0, 0.05) is 19.5 Å². The van der Waals surface area contributed by atoms with E-state index in [1.165, 1.54) is 12.8 Å². The molecular formula is C12H24N2S. The molecule has 0 heterocycles. The highest BCUT2D eigenvalue weighted by Gasteiger charge is 2.43. The Morgan fingerprint density at radius 1 is 1.40 bits per heavy atom. The van der Waals surface area contributed by atoms with Gasteiger partial charge in [-0.25, -0.2) is 0 Å². The van der Waals surface area contributed by atoms with E-state index in [4.69, 9.17) is 18.0 Å². The number of nitrogens with two attached hydrogens (primary N) is 1. The lowest BCUT2D eigenvalue weighted by atomic mass is 9.94. The molecule has 1 fully saturated rings. The SMILES string of the molecule is CN(CC(C)(C)C)CC1(CC(N)=S)CC1. The molecule has 0 bridgehead atoms. The molecule has 0 spiro atoms. The minimum Gasteiger partial charge on any atom is -0.393 e. The number of hydrogen-bond donors (Lipinski definition) is 1. The summed E-state index contributed by atoms with van der Waals surface area (Å²) in [4.78, 5) is 3.10. The predicted octanol–water partition coefficient (Wildman–Crippen LogP) is 2.42. The van der Waals surface area contributed by atoms with Gasteiger partial charge in [-0.2, -0.15) is 0 Å². The topological polar surface area (TPSA) is 29.3 Å². The lowest BCUT2D eigenvalue weighted by Gasteiger charge is -2.29. The summed E-state index contributed by atoms with van der Waals surface area (Å²) < 4.78 is 0. The van der Waals surface area contributed by atoms with Crippen molar-refractivity contribution in [1.82, 2.24) is 4.90 Å². The Balaban J connectivity index is 2.38. The molecule has 0 atom stereocenters. The molecule has 0 radical (unpaired) electrons. The van der Waals surface area contributed by atoms with Crippen molar-refractivity contribution in [3.05, 3.63) is 0 Å². The Morgan fingerprint density at radius 2 is 1.93 bits per heavy atom. The fourth-order valence-corrected chi connectivity index (χ4v) is 2.68. The molecule has 1 rings (SSSR count). The van der Waals surface area contributed by atoms with Crippen molar-refractivity contribution in [1.29, 1.82) is 0 Å². The van der Waals surface area contributed by atoms with Crippen LogP contribution in [-0.2, 0) is 0 Å². The Labute approximate surface area is 99.2 Å². The molecule has 2 N–H and O–H groups in total. The van der Waals surface area contributed by atoms with Gasteiger partial charge in [-0.3, -0.25) is 0 Å². The van der Waals surface area contributed by atoms with E-state index in [1.807, 2.05) is 0 Å². The first kappa shape index (κ1) is 12.9. The number of hydrogen-bond acceptors (Lipinski definition) is 2. The fraction of sp³-hybridized carbons (Fsp3) is 0.917. The van der Waals surface area contributed by atoms with Crippen LogP contribution in [0, 0.1) is 10.8 Å². The van der Waals surface area contributed by atoms with Crippen molar-refractivity contribution in [2.45, 2.75) is 40.0 Å². The minimum absolute atomic E-state index is 0.369. The summed E-state index contributed by atoms with van der Waals surface area (Å²) in [6.07, 6.45) is 3.51. The summed E-state index contributed by atoms with van der Waals surface area (Å²) in [5.74, 6) is 0. The first-order valence-corrected chi connectivity index (χ1v) is 6.10. The predicted molar refractivity (Wildman–Crippen MR) is 70.0 cm³/mol. The van der Waals surface area contributed by atoms with Gasteiger partial charge in [0.15, 0.2) is 0 Å². The van der Waals surface area contributed by atoms with Gasteiger partial charge in [-0.1, -0.05) is 33.0 Å². The minimum atomic E-state index is 0.369. The molecule has 3 heteroatoms. The molecule has 0 aromatic heterocycles. The Morgan fingerprint density at radius 3 is 2.27 bits per heavy atom. The van der Waals surface area contributed by atoms with Crippen molar-refractivity contribution in [3.8, 4) is 0 Å². The van der Waals surface area contributed by atoms with Gasteiger partial charge in [0.05, 0.1) is 4.99 Å². The molecule has 1 saturated carbocycles. The second-order valence-electron chi connectivity index (χ2n) is 6.38. The molecule has 88 valence electrons. The first-order valence-electron chi connectivity index (χ1n) is 5.69. The lowest BCUT2D eigenvalue weighted by molar-refractivity contribution is 0.193. The maximum atomic E-state index is 5.63. The van der Waals surface area contributed by atoms with Crippen LogP contribution < -0.4 is 5.73 Å². The largest absolute Gasteiger partial charge is 0.393 e. The van der Waals surface area contributed by atoms with Crippen LogP contribution in [0.15, 0.2) is 0 Å². The highest BCUT2D eigenvalue weighted by molar-refractivity contribution is 7.80. The van der Waals surface area contributed by atoms with Crippen LogP contribution in [0.4, 0.5) is 0 Å². The van der Waals surface area contributed by atoms with E-state index in [0.29, 0.717) is 15.8 Å². The normalized spacial score (nSPS) is 19.3. The number of rotatable bonds is 5. The van der Waals surface area contributed by atoms with Gasteiger partial charge in [0.1, 0.15) is 0 Å². The third-order valence-electron chi connectivity index (χ3n) is 2.86. The van der Waals surface area contributed by atoms with Gasteiger partial charge in [-0.05, 0) is 30.7 Å². The molecule has 0 aliphatic heterocycles. The van der Waals surface area contributed by atoms with E-state index < -0.39 is 0 Å². The molecule has 0 amide bonds. The smallest absolute Gasteiger partial charge is 0.0733 e. The van der Waals surface area contributed by atoms with E-state index >= 15 is 0 Å². The number of thiocarbonyl (C=S) groups is 1. The summed E-state index contributed by atoms with van der Waals surface area (Å²) in [5.41, 5.74) is 6.43. The first-order chi connectivity index (χ1) is 6.72. The standard InChI is InChI=1S/C12H24N2S/c1-11(2,3)8-14(4)9-12(5-6-12)7-10(13)15/h5-9H2,1-4H3,(H2,13,15). The molecule has 1 aliphatic carbocycles. The monoisotopic (exact) mass is 228 g/mol. The van der Waals surface area contributed by atoms with Crippen LogP contribution in [0.3, 0.4) is 0 Å². The van der Waals surface area contributed by atoms with Crippen LogP contribution in [0.5, 0.6) is 0 Å². The Bertz CT molecular complexity index is 238. The average Bonchev–Trinajstić information content (AvgIpc) is 2.61. The van der Waals surface area contributed by atoms with Crippen molar-refractivity contribution < 1.29 is 0 Å². The molecular weight excluding hydrogens is 204 g/mol. The van der Waals surface area contributed by atoms with Crippen LogP contribution in [0.2, 0.25) is 0 Å². The second-order valence-corrected chi connectivity index (χ2v) is 6.90. The molecule has 0 unspecified atom stereocenters. The quantitative estimate of drug-likeness (QED) is 0.733.